The SMILES string of the molecule is C=C1NC(C(C)C)CC1C(C)(C)C. The molecule has 0 saturated carbocycles. The first-order valence-corrected chi connectivity index (χ1v) is 5.27. The summed E-state index contributed by atoms with van der Waals surface area (Å²) in [4.78, 5) is 0. The van der Waals surface area contributed by atoms with Crippen LogP contribution < -0.4 is 5.32 Å². The molecule has 0 amide bonds. The zero-order valence-electron chi connectivity index (χ0n) is 9.65. The number of hydrogen-bond donors (Lipinski definition) is 1. The zero-order chi connectivity index (χ0) is 10.2. The van der Waals surface area contributed by atoms with Crippen molar-refractivity contribution in [2.75, 3.05) is 0 Å². The van der Waals surface area contributed by atoms with Gasteiger partial charge in [0.2, 0.25) is 0 Å². The topological polar surface area (TPSA) is 12.0 Å². The summed E-state index contributed by atoms with van der Waals surface area (Å²) in [6.45, 7) is 15.6. The van der Waals surface area contributed by atoms with E-state index >= 15 is 0 Å². The first-order valence-electron chi connectivity index (χ1n) is 5.27. The lowest BCUT2D eigenvalue weighted by Gasteiger charge is -2.26. The van der Waals surface area contributed by atoms with Crippen molar-refractivity contribution >= 4 is 0 Å². The lowest BCUT2D eigenvalue weighted by Crippen LogP contribution is -2.25. The third kappa shape index (κ3) is 2.26. The highest BCUT2D eigenvalue weighted by atomic mass is 15.0. The van der Waals surface area contributed by atoms with Crippen LogP contribution in [0.4, 0.5) is 0 Å². The van der Waals surface area contributed by atoms with Crippen molar-refractivity contribution in [3.05, 3.63) is 12.3 Å². The van der Waals surface area contributed by atoms with E-state index in [1.54, 1.807) is 0 Å². The maximum absolute atomic E-state index is 4.12. The largest absolute Gasteiger partial charge is 0.386 e. The smallest absolute Gasteiger partial charge is 0.0287 e. The molecule has 2 atom stereocenters. The molecule has 0 radical (unpaired) electrons. The van der Waals surface area contributed by atoms with Crippen molar-refractivity contribution in [1.82, 2.24) is 5.32 Å². The molecule has 1 aliphatic heterocycles. The monoisotopic (exact) mass is 181 g/mol. The van der Waals surface area contributed by atoms with Crippen molar-refractivity contribution in [3.63, 3.8) is 0 Å². The predicted molar refractivity (Wildman–Crippen MR) is 58.5 cm³/mol. The highest BCUT2D eigenvalue weighted by Crippen LogP contribution is 2.39. The Morgan fingerprint density at radius 3 is 2.15 bits per heavy atom. The molecule has 1 nitrogen and oxygen atoms in total. The third-order valence-electron chi connectivity index (χ3n) is 3.13. The minimum atomic E-state index is 0.355. The lowest BCUT2D eigenvalue weighted by atomic mass is 9.77. The summed E-state index contributed by atoms with van der Waals surface area (Å²) >= 11 is 0. The number of hydrogen-bond acceptors (Lipinski definition) is 1. The third-order valence-corrected chi connectivity index (χ3v) is 3.13. The average molecular weight is 181 g/mol. The van der Waals surface area contributed by atoms with Gasteiger partial charge in [-0.1, -0.05) is 41.2 Å². The Labute approximate surface area is 82.6 Å². The number of rotatable bonds is 1. The fraction of sp³-hybridized carbons (Fsp3) is 0.833. The van der Waals surface area contributed by atoms with Crippen molar-refractivity contribution in [1.29, 1.82) is 0 Å². The van der Waals surface area contributed by atoms with Crippen LogP contribution in [0, 0.1) is 17.3 Å². The van der Waals surface area contributed by atoms with Gasteiger partial charge < -0.3 is 5.32 Å². The maximum Gasteiger partial charge on any atom is 0.0287 e. The molecule has 76 valence electrons. The molecule has 1 fully saturated rings. The van der Waals surface area contributed by atoms with Crippen LogP contribution in [0.25, 0.3) is 0 Å². The van der Waals surface area contributed by atoms with Gasteiger partial charge in [0, 0.05) is 17.7 Å². The van der Waals surface area contributed by atoms with E-state index in [9.17, 15) is 0 Å². The Kier molecular flexibility index (Phi) is 2.74. The van der Waals surface area contributed by atoms with E-state index in [1.807, 2.05) is 0 Å². The first-order chi connectivity index (χ1) is 5.82. The quantitative estimate of drug-likeness (QED) is 0.655. The van der Waals surface area contributed by atoms with Crippen molar-refractivity contribution < 1.29 is 0 Å². The van der Waals surface area contributed by atoms with Gasteiger partial charge >= 0.3 is 0 Å². The molecule has 0 aromatic heterocycles. The Morgan fingerprint density at radius 1 is 1.38 bits per heavy atom. The Bertz CT molecular complexity index is 198. The van der Waals surface area contributed by atoms with Crippen molar-refractivity contribution in [2.24, 2.45) is 17.3 Å². The van der Waals surface area contributed by atoms with Gasteiger partial charge in [-0.3, -0.25) is 0 Å². The van der Waals surface area contributed by atoms with Gasteiger partial charge in [0.25, 0.3) is 0 Å². The van der Waals surface area contributed by atoms with E-state index < -0.39 is 0 Å². The van der Waals surface area contributed by atoms with Gasteiger partial charge in [0.1, 0.15) is 0 Å². The van der Waals surface area contributed by atoms with Gasteiger partial charge in [0.15, 0.2) is 0 Å². The van der Waals surface area contributed by atoms with Crippen LogP contribution in [0.5, 0.6) is 0 Å². The molecule has 13 heavy (non-hydrogen) atoms. The van der Waals surface area contributed by atoms with E-state index in [0.717, 1.165) is 0 Å². The summed E-state index contributed by atoms with van der Waals surface area (Å²) in [6, 6.07) is 0.636. The van der Waals surface area contributed by atoms with Crippen LogP contribution in [0.2, 0.25) is 0 Å². The standard InChI is InChI=1S/C12H23N/c1-8(2)11-7-10(9(3)13-11)12(4,5)6/h8,10-11,13H,3,7H2,1-2,4-6H3. The normalized spacial score (nSPS) is 29.5. The van der Waals surface area contributed by atoms with Crippen LogP contribution >= 0.6 is 0 Å². The zero-order valence-corrected chi connectivity index (χ0v) is 9.65. The van der Waals surface area contributed by atoms with Crippen LogP contribution in [-0.4, -0.2) is 6.04 Å². The molecule has 1 aliphatic rings. The Hall–Kier alpha value is -0.460. The van der Waals surface area contributed by atoms with Crippen LogP contribution in [0.3, 0.4) is 0 Å². The highest BCUT2D eigenvalue weighted by molar-refractivity contribution is 5.11. The molecular formula is C12H23N. The van der Waals surface area contributed by atoms with Crippen molar-refractivity contribution in [3.8, 4) is 0 Å². The molecule has 1 saturated heterocycles. The molecule has 0 aromatic rings. The van der Waals surface area contributed by atoms with E-state index in [2.05, 4.69) is 46.5 Å². The summed E-state index contributed by atoms with van der Waals surface area (Å²) in [5.74, 6) is 1.35. The predicted octanol–water partition coefficient (Wildman–Crippen LogP) is 3.18. The second-order valence-corrected chi connectivity index (χ2v) is 5.67. The average Bonchev–Trinajstić information content (AvgIpc) is 2.29. The van der Waals surface area contributed by atoms with E-state index in [-0.39, 0.29) is 0 Å². The minimum absolute atomic E-state index is 0.355. The molecule has 2 unspecified atom stereocenters. The van der Waals surface area contributed by atoms with Gasteiger partial charge in [-0.2, -0.15) is 0 Å². The molecule has 1 heterocycles. The summed E-state index contributed by atoms with van der Waals surface area (Å²) in [7, 11) is 0. The molecule has 1 rings (SSSR count). The maximum atomic E-state index is 4.12. The second kappa shape index (κ2) is 3.36. The molecular weight excluding hydrogens is 158 g/mol. The van der Waals surface area contributed by atoms with Crippen LogP contribution in [0.15, 0.2) is 12.3 Å². The van der Waals surface area contributed by atoms with Gasteiger partial charge in [-0.05, 0) is 17.8 Å². The van der Waals surface area contributed by atoms with Gasteiger partial charge in [-0.25, -0.2) is 0 Å². The summed E-state index contributed by atoms with van der Waals surface area (Å²) in [6.07, 6.45) is 1.25. The summed E-state index contributed by atoms with van der Waals surface area (Å²) < 4.78 is 0. The minimum Gasteiger partial charge on any atom is -0.386 e. The summed E-state index contributed by atoms with van der Waals surface area (Å²) in [5, 5.41) is 3.52. The van der Waals surface area contributed by atoms with Crippen molar-refractivity contribution in [2.45, 2.75) is 47.1 Å². The van der Waals surface area contributed by atoms with Gasteiger partial charge in [0.05, 0.1) is 0 Å². The van der Waals surface area contributed by atoms with E-state index in [0.29, 0.717) is 23.3 Å². The van der Waals surface area contributed by atoms with E-state index in [1.165, 1.54) is 12.1 Å². The fourth-order valence-electron chi connectivity index (χ4n) is 2.11. The molecule has 0 aromatic carbocycles. The lowest BCUT2D eigenvalue weighted by molar-refractivity contribution is 0.273. The number of allylic oxidation sites excluding steroid dienone is 1. The second-order valence-electron chi connectivity index (χ2n) is 5.67. The summed E-state index contributed by atoms with van der Waals surface area (Å²) in [5.41, 5.74) is 1.60. The first kappa shape index (κ1) is 10.6. The molecule has 1 heteroatoms. The molecule has 0 spiro atoms. The molecule has 0 aliphatic carbocycles. The molecule has 1 N–H and O–H groups in total. The number of nitrogens with one attached hydrogen (secondary N) is 1. The Morgan fingerprint density at radius 2 is 1.92 bits per heavy atom. The fourth-order valence-corrected chi connectivity index (χ4v) is 2.11. The van der Waals surface area contributed by atoms with Crippen LogP contribution in [0.1, 0.15) is 41.0 Å². The van der Waals surface area contributed by atoms with Gasteiger partial charge in [-0.15, -0.1) is 0 Å². The van der Waals surface area contributed by atoms with E-state index in [4.69, 9.17) is 0 Å². The Balaban J connectivity index is 2.67. The highest BCUT2D eigenvalue weighted by Gasteiger charge is 2.36. The van der Waals surface area contributed by atoms with Crippen LogP contribution in [-0.2, 0) is 0 Å². The molecule has 0 bridgehead atoms.